The van der Waals surface area contributed by atoms with Crippen molar-refractivity contribution < 1.29 is 23.9 Å². The maximum Gasteiger partial charge on any atom is 0.308 e. The number of fused-ring (bicyclic) bond motifs is 1. The number of nitrogens with zero attached hydrogens (tertiary/aromatic N) is 1. The van der Waals surface area contributed by atoms with Gasteiger partial charge in [0.05, 0.1) is 5.56 Å². The van der Waals surface area contributed by atoms with E-state index in [-0.39, 0.29) is 23.3 Å². The summed E-state index contributed by atoms with van der Waals surface area (Å²) < 4.78 is 11.0. The topological polar surface area (TPSA) is 84.9 Å². The average Bonchev–Trinajstić information content (AvgIpc) is 2.83. The molecule has 0 saturated heterocycles. The highest BCUT2D eigenvalue weighted by Crippen LogP contribution is 2.30. The highest BCUT2D eigenvalue weighted by molar-refractivity contribution is 6.06. The number of carbonyl (C=O) groups is 3. The first-order valence-electron chi connectivity index (χ1n) is 9.99. The smallest absolute Gasteiger partial charge is 0.308 e. The quantitative estimate of drug-likeness (QED) is 0.599. The number of carbonyl (C=O) groups excluding carboxylic acids is 3. The van der Waals surface area contributed by atoms with Gasteiger partial charge in [-0.3, -0.25) is 14.4 Å². The van der Waals surface area contributed by atoms with E-state index in [1.165, 1.54) is 6.92 Å². The molecule has 2 aromatic rings. The van der Waals surface area contributed by atoms with Crippen molar-refractivity contribution in [2.24, 2.45) is 0 Å². The van der Waals surface area contributed by atoms with Crippen molar-refractivity contribution in [1.29, 1.82) is 0 Å². The number of rotatable bonds is 5. The summed E-state index contributed by atoms with van der Waals surface area (Å²) in [6.45, 7) is 7.47. The molecule has 0 fully saturated rings. The predicted octanol–water partition coefficient (Wildman–Crippen LogP) is 3.77. The van der Waals surface area contributed by atoms with Crippen LogP contribution in [-0.4, -0.2) is 34.8 Å². The summed E-state index contributed by atoms with van der Waals surface area (Å²) in [6.07, 6.45) is 0.258. The Morgan fingerprint density at radius 3 is 2.70 bits per heavy atom. The van der Waals surface area contributed by atoms with Crippen LogP contribution < -0.4 is 14.8 Å². The van der Waals surface area contributed by atoms with Crippen molar-refractivity contribution >= 4 is 23.5 Å². The van der Waals surface area contributed by atoms with E-state index in [1.807, 2.05) is 19.9 Å². The third-order valence-corrected chi connectivity index (χ3v) is 5.10. The first-order chi connectivity index (χ1) is 14.3. The van der Waals surface area contributed by atoms with E-state index in [4.69, 9.17) is 9.47 Å². The molecule has 0 aromatic heterocycles. The van der Waals surface area contributed by atoms with Crippen LogP contribution in [0.4, 0.5) is 5.69 Å². The van der Waals surface area contributed by atoms with E-state index in [2.05, 4.69) is 5.32 Å². The molecule has 1 heterocycles. The first-order valence-corrected chi connectivity index (χ1v) is 9.99. The molecule has 7 heteroatoms. The number of para-hydroxylation sites is 1. The Morgan fingerprint density at radius 1 is 1.27 bits per heavy atom. The van der Waals surface area contributed by atoms with Gasteiger partial charge in [-0.25, -0.2) is 0 Å². The largest absolute Gasteiger partial charge is 0.481 e. The third-order valence-electron chi connectivity index (χ3n) is 5.10. The summed E-state index contributed by atoms with van der Waals surface area (Å²) in [7, 11) is 0. The van der Waals surface area contributed by atoms with E-state index in [0.717, 1.165) is 12.0 Å². The van der Waals surface area contributed by atoms with Gasteiger partial charge in [-0.1, -0.05) is 19.1 Å². The minimum absolute atomic E-state index is 0.0542. The fraction of sp³-hybridized carbons (Fsp3) is 0.348. The Balaban J connectivity index is 1.86. The standard InChI is InChI=1S/C23H26N2O5/c1-5-14(2)25-13-17-12-18(10-11-20(17)29-15(3)23(25)28)24-22(27)19-8-6-7-9-21(19)30-16(4)26/h6-12,14-15H,5,13H2,1-4H3,(H,24,27)/t14-,15-/m1/s1. The Kier molecular flexibility index (Phi) is 6.40. The average molecular weight is 410 g/mol. The summed E-state index contributed by atoms with van der Waals surface area (Å²) in [6, 6.07) is 11.9. The number of hydrogen-bond acceptors (Lipinski definition) is 5. The number of anilines is 1. The van der Waals surface area contributed by atoms with Crippen molar-refractivity contribution in [3.05, 3.63) is 53.6 Å². The van der Waals surface area contributed by atoms with Crippen LogP contribution in [0.5, 0.6) is 11.5 Å². The number of nitrogens with one attached hydrogen (secondary N) is 1. The molecule has 0 saturated carbocycles. The highest BCUT2D eigenvalue weighted by Gasteiger charge is 2.30. The molecule has 1 N–H and O–H groups in total. The van der Waals surface area contributed by atoms with Crippen molar-refractivity contribution in [1.82, 2.24) is 4.90 Å². The van der Waals surface area contributed by atoms with Crippen molar-refractivity contribution in [2.45, 2.75) is 52.8 Å². The Labute approximate surface area is 176 Å². The zero-order chi connectivity index (χ0) is 21.8. The van der Waals surface area contributed by atoms with E-state index >= 15 is 0 Å². The summed E-state index contributed by atoms with van der Waals surface area (Å²) in [5.74, 6) is -0.129. The van der Waals surface area contributed by atoms with Gasteiger partial charge >= 0.3 is 5.97 Å². The third kappa shape index (κ3) is 4.62. The number of benzene rings is 2. The molecule has 158 valence electrons. The van der Waals surface area contributed by atoms with Crippen LogP contribution in [-0.2, 0) is 16.1 Å². The van der Waals surface area contributed by atoms with Gasteiger partial charge in [-0.05, 0) is 50.6 Å². The molecule has 0 unspecified atom stereocenters. The Morgan fingerprint density at radius 2 is 2.00 bits per heavy atom. The van der Waals surface area contributed by atoms with E-state index in [1.54, 1.807) is 48.2 Å². The molecule has 2 amide bonds. The summed E-state index contributed by atoms with van der Waals surface area (Å²) >= 11 is 0. The lowest BCUT2D eigenvalue weighted by atomic mass is 10.1. The van der Waals surface area contributed by atoms with Crippen molar-refractivity contribution in [3.8, 4) is 11.5 Å². The maximum atomic E-state index is 12.8. The van der Waals surface area contributed by atoms with Crippen LogP contribution >= 0.6 is 0 Å². The lowest BCUT2D eigenvalue weighted by Gasteiger charge is -2.28. The summed E-state index contributed by atoms with van der Waals surface area (Å²) in [5.41, 5.74) is 1.63. The van der Waals surface area contributed by atoms with Gasteiger partial charge in [0.15, 0.2) is 6.10 Å². The Hall–Kier alpha value is -3.35. The van der Waals surface area contributed by atoms with Gasteiger partial charge in [0.25, 0.3) is 11.8 Å². The number of amides is 2. The molecule has 2 aromatic carbocycles. The second-order valence-corrected chi connectivity index (χ2v) is 7.35. The number of esters is 1. The van der Waals surface area contributed by atoms with Crippen LogP contribution in [0, 0.1) is 0 Å². The Bertz CT molecular complexity index is 972. The number of hydrogen-bond donors (Lipinski definition) is 1. The van der Waals surface area contributed by atoms with Crippen molar-refractivity contribution in [3.63, 3.8) is 0 Å². The van der Waals surface area contributed by atoms with Gasteiger partial charge in [0.2, 0.25) is 0 Å². The summed E-state index contributed by atoms with van der Waals surface area (Å²) in [5, 5.41) is 2.83. The molecule has 0 spiro atoms. The molecule has 1 aliphatic heterocycles. The molecule has 1 aliphatic rings. The second kappa shape index (κ2) is 8.98. The summed E-state index contributed by atoms with van der Waals surface area (Å²) in [4.78, 5) is 38.6. The molecule has 0 bridgehead atoms. The van der Waals surface area contributed by atoms with Crippen LogP contribution in [0.2, 0.25) is 0 Å². The predicted molar refractivity (Wildman–Crippen MR) is 113 cm³/mol. The van der Waals surface area contributed by atoms with Crippen LogP contribution in [0.15, 0.2) is 42.5 Å². The lowest BCUT2D eigenvalue weighted by Crippen LogP contribution is -2.42. The molecule has 7 nitrogen and oxygen atoms in total. The van der Waals surface area contributed by atoms with Gasteiger partial charge in [0, 0.05) is 30.8 Å². The normalized spacial score (nSPS) is 16.7. The van der Waals surface area contributed by atoms with Gasteiger partial charge in [-0.2, -0.15) is 0 Å². The van der Waals surface area contributed by atoms with Crippen LogP contribution in [0.1, 0.15) is 50.0 Å². The highest BCUT2D eigenvalue weighted by atomic mass is 16.5. The van der Waals surface area contributed by atoms with Gasteiger partial charge in [0.1, 0.15) is 11.5 Å². The minimum atomic E-state index is -0.573. The van der Waals surface area contributed by atoms with Gasteiger partial charge in [-0.15, -0.1) is 0 Å². The van der Waals surface area contributed by atoms with Crippen molar-refractivity contribution in [2.75, 3.05) is 5.32 Å². The molecular formula is C23H26N2O5. The zero-order valence-corrected chi connectivity index (χ0v) is 17.6. The molecular weight excluding hydrogens is 384 g/mol. The van der Waals surface area contributed by atoms with Gasteiger partial charge < -0.3 is 19.7 Å². The fourth-order valence-electron chi connectivity index (χ4n) is 3.32. The molecule has 30 heavy (non-hydrogen) atoms. The maximum absolute atomic E-state index is 12.8. The molecule has 0 aliphatic carbocycles. The minimum Gasteiger partial charge on any atom is -0.481 e. The van der Waals surface area contributed by atoms with Crippen LogP contribution in [0.3, 0.4) is 0 Å². The van der Waals surface area contributed by atoms with E-state index in [9.17, 15) is 14.4 Å². The monoisotopic (exact) mass is 410 g/mol. The second-order valence-electron chi connectivity index (χ2n) is 7.35. The van der Waals surface area contributed by atoms with Crippen LogP contribution in [0.25, 0.3) is 0 Å². The molecule has 3 rings (SSSR count). The molecule has 0 radical (unpaired) electrons. The fourth-order valence-corrected chi connectivity index (χ4v) is 3.32. The SMILES string of the molecule is CC[C@@H](C)N1Cc2cc(NC(=O)c3ccccc3OC(C)=O)ccc2O[C@H](C)C1=O. The first kappa shape index (κ1) is 21.4. The number of ether oxygens (including phenoxy) is 2. The lowest BCUT2D eigenvalue weighted by molar-refractivity contribution is -0.139. The van der Waals surface area contributed by atoms with E-state index in [0.29, 0.717) is 18.0 Å². The van der Waals surface area contributed by atoms with E-state index < -0.39 is 18.0 Å². The molecule has 2 atom stereocenters. The zero-order valence-electron chi connectivity index (χ0n) is 17.6.